The highest BCUT2D eigenvalue weighted by Gasteiger charge is 2.23. The van der Waals surface area contributed by atoms with Gasteiger partial charge in [0.05, 0.1) is 0 Å². The zero-order valence-corrected chi connectivity index (χ0v) is 13.4. The maximum Gasteiger partial charge on any atom is 0.129 e. The molecule has 0 amide bonds. The summed E-state index contributed by atoms with van der Waals surface area (Å²) in [6.45, 7) is 7.33. The molecule has 3 heteroatoms. The fourth-order valence-electron chi connectivity index (χ4n) is 3.13. The third-order valence-corrected chi connectivity index (χ3v) is 4.54. The number of nitrogens with two attached hydrogens (primary N) is 1. The number of hydrogen-bond acceptors (Lipinski definition) is 3. The van der Waals surface area contributed by atoms with E-state index in [-0.39, 0.29) is 0 Å². The van der Waals surface area contributed by atoms with Gasteiger partial charge in [0.15, 0.2) is 0 Å². The molecule has 3 nitrogen and oxygen atoms in total. The summed E-state index contributed by atoms with van der Waals surface area (Å²) in [5.41, 5.74) is 8.18. The molecule has 20 heavy (non-hydrogen) atoms. The van der Waals surface area contributed by atoms with E-state index in [9.17, 15) is 0 Å². The van der Waals surface area contributed by atoms with Crippen molar-refractivity contribution in [2.24, 2.45) is 11.7 Å². The minimum absolute atomic E-state index is 0.443. The minimum Gasteiger partial charge on any atom is -0.357 e. The SMILES string of the molecule is CC1CCCC(N(C)c2cc(CN)cc(C(C)C)n2)C1. The summed E-state index contributed by atoms with van der Waals surface area (Å²) in [7, 11) is 2.19. The molecule has 1 saturated carbocycles. The van der Waals surface area contributed by atoms with Crippen molar-refractivity contribution in [2.75, 3.05) is 11.9 Å². The molecule has 0 bridgehead atoms. The Kier molecular flexibility index (Phi) is 5.03. The molecule has 2 N–H and O–H groups in total. The van der Waals surface area contributed by atoms with E-state index in [1.165, 1.54) is 31.2 Å². The molecule has 1 heterocycles. The molecule has 0 radical (unpaired) electrons. The Morgan fingerprint density at radius 2 is 2.10 bits per heavy atom. The van der Waals surface area contributed by atoms with Crippen molar-refractivity contribution < 1.29 is 0 Å². The molecular weight excluding hydrogens is 246 g/mol. The maximum absolute atomic E-state index is 5.84. The van der Waals surface area contributed by atoms with Crippen molar-refractivity contribution >= 4 is 5.82 Å². The quantitative estimate of drug-likeness (QED) is 0.911. The van der Waals surface area contributed by atoms with E-state index in [2.05, 4.69) is 44.9 Å². The average molecular weight is 275 g/mol. The van der Waals surface area contributed by atoms with Crippen LogP contribution in [-0.4, -0.2) is 18.1 Å². The van der Waals surface area contributed by atoms with Crippen LogP contribution in [0.3, 0.4) is 0 Å². The number of hydrogen-bond donors (Lipinski definition) is 1. The molecule has 1 aromatic rings. The van der Waals surface area contributed by atoms with E-state index in [0.717, 1.165) is 17.4 Å². The zero-order valence-electron chi connectivity index (χ0n) is 13.4. The predicted molar refractivity (Wildman–Crippen MR) is 86.0 cm³/mol. The van der Waals surface area contributed by atoms with Gasteiger partial charge in [0.1, 0.15) is 5.82 Å². The van der Waals surface area contributed by atoms with Gasteiger partial charge in [0.25, 0.3) is 0 Å². The summed E-state index contributed by atoms with van der Waals surface area (Å²) >= 11 is 0. The largest absolute Gasteiger partial charge is 0.357 e. The van der Waals surface area contributed by atoms with Gasteiger partial charge >= 0.3 is 0 Å². The zero-order chi connectivity index (χ0) is 14.7. The van der Waals surface area contributed by atoms with E-state index in [1.54, 1.807) is 0 Å². The number of nitrogens with zero attached hydrogens (tertiary/aromatic N) is 2. The first-order chi connectivity index (χ1) is 9.51. The Morgan fingerprint density at radius 1 is 1.35 bits per heavy atom. The van der Waals surface area contributed by atoms with Crippen LogP contribution in [0.1, 0.15) is 63.6 Å². The van der Waals surface area contributed by atoms with Crippen molar-refractivity contribution in [3.63, 3.8) is 0 Å². The lowest BCUT2D eigenvalue weighted by atomic mass is 9.86. The molecule has 112 valence electrons. The van der Waals surface area contributed by atoms with E-state index in [0.29, 0.717) is 18.5 Å². The molecule has 2 atom stereocenters. The summed E-state index contributed by atoms with van der Waals surface area (Å²) in [6, 6.07) is 4.93. The summed E-state index contributed by atoms with van der Waals surface area (Å²) in [4.78, 5) is 7.23. The lowest BCUT2D eigenvalue weighted by molar-refractivity contribution is 0.335. The summed E-state index contributed by atoms with van der Waals surface area (Å²) in [5.74, 6) is 2.37. The summed E-state index contributed by atoms with van der Waals surface area (Å²) < 4.78 is 0. The van der Waals surface area contributed by atoms with Gasteiger partial charge in [-0.3, -0.25) is 0 Å². The van der Waals surface area contributed by atoms with E-state index < -0.39 is 0 Å². The van der Waals surface area contributed by atoms with Gasteiger partial charge in [-0.25, -0.2) is 4.98 Å². The van der Waals surface area contributed by atoms with E-state index >= 15 is 0 Å². The first-order valence-electron chi connectivity index (χ1n) is 7.95. The minimum atomic E-state index is 0.443. The van der Waals surface area contributed by atoms with Crippen LogP contribution in [0.25, 0.3) is 0 Å². The molecule has 0 spiro atoms. The standard InChI is InChI=1S/C17H29N3/c1-12(2)16-9-14(11-18)10-17(19-16)20(4)15-7-5-6-13(3)8-15/h9-10,12-13,15H,5-8,11,18H2,1-4H3. The smallest absolute Gasteiger partial charge is 0.129 e. The monoisotopic (exact) mass is 275 g/mol. The van der Waals surface area contributed by atoms with Gasteiger partial charge in [-0.15, -0.1) is 0 Å². The lowest BCUT2D eigenvalue weighted by Gasteiger charge is -2.35. The molecule has 1 fully saturated rings. The van der Waals surface area contributed by atoms with E-state index in [1.807, 2.05) is 0 Å². The Balaban J connectivity index is 2.23. The normalized spacial score (nSPS) is 23.1. The Bertz CT molecular complexity index is 442. The highest BCUT2D eigenvalue weighted by molar-refractivity contribution is 5.43. The number of pyridine rings is 1. The van der Waals surface area contributed by atoms with Crippen LogP contribution >= 0.6 is 0 Å². The average Bonchev–Trinajstić information content (AvgIpc) is 2.45. The third kappa shape index (κ3) is 3.51. The Hall–Kier alpha value is -1.09. The van der Waals surface area contributed by atoms with Gasteiger partial charge < -0.3 is 10.6 Å². The second-order valence-electron chi connectivity index (χ2n) is 6.65. The number of rotatable bonds is 4. The van der Waals surface area contributed by atoms with Crippen molar-refractivity contribution in [2.45, 2.75) is 65.0 Å². The third-order valence-electron chi connectivity index (χ3n) is 4.54. The molecule has 2 rings (SSSR count). The van der Waals surface area contributed by atoms with Gasteiger partial charge in [0.2, 0.25) is 0 Å². The Morgan fingerprint density at radius 3 is 2.70 bits per heavy atom. The highest BCUT2D eigenvalue weighted by Crippen LogP contribution is 2.30. The summed E-state index contributed by atoms with van der Waals surface area (Å²) in [6.07, 6.45) is 5.27. The first-order valence-corrected chi connectivity index (χ1v) is 7.95. The fourth-order valence-corrected chi connectivity index (χ4v) is 3.13. The molecule has 0 aliphatic heterocycles. The van der Waals surface area contributed by atoms with Crippen LogP contribution in [0.4, 0.5) is 5.82 Å². The molecule has 1 aliphatic rings. The Labute approximate surface area is 123 Å². The van der Waals surface area contributed by atoms with Gasteiger partial charge in [0, 0.05) is 25.3 Å². The van der Waals surface area contributed by atoms with Crippen molar-refractivity contribution in [1.29, 1.82) is 0 Å². The van der Waals surface area contributed by atoms with Crippen LogP contribution in [0.2, 0.25) is 0 Å². The molecule has 2 unspecified atom stereocenters. The number of anilines is 1. The van der Waals surface area contributed by atoms with Crippen LogP contribution in [0.5, 0.6) is 0 Å². The molecular formula is C17H29N3. The fraction of sp³-hybridized carbons (Fsp3) is 0.706. The van der Waals surface area contributed by atoms with Gasteiger partial charge in [-0.2, -0.15) is 0 Å². The predicted octanol–water partition coefficient (Wildman–Crippen LogP) is 3.68. The van der Waals surface area contributed by atoms with Crippen molar-refractivity contribution in [3.8, 4) is 0 Å². The molecule has 1 aromatic heterocycles. The highest BCUT2D eigenvalue weighted by atomic mass is 15.2. The van der Waals surface area contributed by atoms with Crippen LogP contribution in [-0.2, 0) is 6.54 Å². The summed E-state index contributed by atoms with van der Waals surface area (Å²) in [5, 5.41) is 0. The number of aromatic nitrogens is 1. The van der Waals surface area contributed by atoms with Crippen molar-refractivity contribution in [1.82, 2.24) is 4.98 Å². The molecule has 1 aliphatic carbocycles. The lowest BCUT2D eigenvalue weighted by Crippen LogP contribution is -2.36. The second-order valence-corrected chi connectivity index (χ2v) is 6.65. The van der Waals surface area contributed by atoms with E-state index in [4.69, 9.17) is 10.7 Å². The van der Waals surface area contributed by atoms with Crippen LogP contribution < -0.4 is 10.6 Å². The van der Waals surface area contributed by atoms with Crippen LogP contribution in [0, 0.1) is 5.92 Å². The van der Waals surface area contributed by atoms with Gasteiger partial charge in [-0.05, 0) is 42.4 Å². The van der Waals surface area contributed by atoms with Crippen LogP contribution in [0.15, 0.2) is 12.1 Å². The maximum atomic E-state index is 5.84. The topological polar surface area (TPSA) is 42.1 Å². The second kappa shape index (κ2) is 6.57. The van der Waals surface area contributed by atoms with Gasteiger partial charge in [-0.1, -0.05) is 33.6 Å². The molecule has 0 aromatic carbocycles. The van der Waals surface area contributed by atoms with Crippen molar-refractivity contribution in [3.05, 3.63) is 23.4 Å². The first kappa shape index (κ1) is 15.3. The molecule has 0 saturated heterocycles.